The summed E-state index contributed by atoms with van der Waals surface area (Å²) < 4.78 is 0.667. The average molecular weight is 285 g/mol. The zero-order valence-electron chi connectivity index (χ0n) is 8.27. The fourth-order valence-electron chi connectivity index (χ4n) is 1.85. The Morgan fingerprint density at radius 1 is 1.50 bits per heavy atom. The van der Waals surface area contributed by atoms with Gasteiger partial charge in [-0.3, -0.25) is 14.9 Å². The van der Waals surface area contributed by atoms with E-state index in [1.54, 1.807) is 12.1 Å². The predicted octanol–water partition coefficient (Wildman–Crippen LogP) is 1.96. The lowest BCUT2D eigenvalue weighted by Gasteiger charge is -2.08. The lowest BCUT2D eigenvalue weighted by atomic mass is 9.97. The molecule has 1 N–H and O–H groups in total. The zero-order chi connectivity index (χ0) is 11.7. The second-order valence-corrected chi connectivity index (χ2v) is 4.58. The molecule has 1 heterocycles. The van der Waals surface area contributed by atoms with Gasteiger partial charge in [-0.05, 0) is 6.07 Å². The van der Waals surface area contributed by atoms with E-state index in [-0.39, 0.29) is 17.5 Å². The van der Waals surface area contributed by atoms with Gasteiger partial charge in [-0.15, -0.1) is 0 Å². The van der Waals surface area contributed by atoms with E-state index in [0.717, 1.165) is 0 Å². The van der Waals surface area contributed by atoms with Gasteiger partial charge in [0.15, 0.2) is 0 Å². The maximum Gasteiger partial charge on any atom is 0.274 e. The summed E-state index contributed by atoms with van der Waals surface area (Å²) >= 11 is 3.20. The predicted molar refractivity (Wildman–Crippen MR) is 61.2 cm³/mol. The molecule has 1 aliphatic heterocycles. The van der Waals surface area contributed by atoms with Crippen molar-refractivity contribution < 1.29 is 9.72 Å². The van der Waals surface area contributed by atoms with Crippen molar-refractivity contribution in [2.24, 2.45) is 0 Å². The summed E-state index contributed by atoms with van der Waals surface area (Å²) in [4.78, 5) is 21.6. The van der Waals surface area contributed by atoms with Crippen LogP contribution in [0.15, 0.2) is 22.7 Å². The van der Waals surface area contributed by atoms with Gasteiger partial charge in [0.05, 0.1) is 4.92 Å². The number of hydrogen-bond acceptors (Lipinski definition) is 3. The highest BCUT2D eigenvalue weighted by Gasteiger charge is 2.28. The van der Waals surface area contributed by atoms with Gasteiger partial charge in [0.25, 0.3) is 5.69 Å². The summed E-state index contributed by atoms with van der Waals surface area (Å²) in [5.74, 6) is -0.150. The summed E-state index contributed by atoms with van der Waals surface area (Å²) in [5.41, 5.74) is 0.683. The Morgan fingerprint density at radius 3 is 2.81 bits per heavy atom. The molecule has 1 aliphatic rings. The molecule has 6 heteroatoms. The van der Waals surface area contributed by atoms with Gasteiger partial charge < -0.3 is 5.32 Å². The van der Waals surface area contributed by atoms with Crippen molar-refractivity contribution in [1.29, 1.82) is 0 Å². The smallest absolute Gasteiger partial charge is 0.274 e. The van der Waals surface area contributed by atoms with Crippen LogP contribution in [-0.4, -0.2) is 17.4 Å². The van der Waals surface area contributed by atoms with E-state index in [2.05, 4.69) is 21.2 Å². The van der Waals surface area contributed by atoms with Gasteiger partial charge in [-0.1, -0.05) is 22.0 Å². The minimum atomic E-state index is -0.414. The van der Waals surface area contributed by atoms with Crippen molar-refractivity contribution in [3.63, 3.8) is 0 Å². The summed E-state index contributed by atoms with van der Waals surface area (Å²) in [6, 6.07) is 4.93. The number of nitro groups is 1. The summed E-state index contributed by atoms with van der Waals surface area (Å²) in [7, 11) is 0. The molecule has 2 rings (SSSR count). The Kier molecular flexibility index (Phi) is 2.91. The molecule has 16 heavy (non-hydrogen) atoms. The Bertz CT molecular complexity index is 461. The Balaban J connectivity index is 2.40. The minimum absolute atomic E-state index is 0.0535. The highest BCUT2D eigenvalue weighted by Crippen LogP contribution is 2.32. The number of hydrogen-bond donors (Lipinski definition) is 1. The SMILES string of the molecule is O=C1CC(c2ccc(Br)cc2[N+](=O)[O-])CN1. The average Bonchev–Trinajstić information content (AvgIpc) is 2.64. The van der Waals surface area contributed by atoms with Crippen molar-refractivity contribution in [3.8, 4) is 0 Å². The number of rotatable bonds is 2. The van der Waals surface area contributed by atoms with E-state index >= 15 is 0 Å². The van der Waals surface area contributed by atoms with Crippen LogP contribution >= 0.6 is 15.9 Å². The second-order valence-electron chi connectivity index (χ2n) is 3.67. The van der Waals surface area contributed by atoms with E-state index in [1.807, 2.05) is 0 Å². The van der Waals surface area contributed by atoms with Crippen LogP contribution in [0.2, 0.25) is 0 Å². The Labute approximate surface area is 100 Å². The van der Waals surface area contributed by atoms with E-state index in [0.29, 0.717) is 23.0 Å². The molecule has 1 fully saturated rings. The van der Waals surface area contributed by atoms with E-state index in [9.17, 15) is 14.9 Å². The van der Waals surface area contributed by atoms with Crippen LogP contribution in [0.4, 0.5) is 5.69 Å². The first-order valence-corrected chi connectivity index (χ1v) is 5.58. The molecular weight excluding hydrogens is 276 g/mol. The molecule has 0 aromatic heterocycles. The summed E-state index contributed by atoms with van der Waals surface area (Å²) in [6.07, 6.45) is 0.322. The molecule has 0 saturated carbocycles. The second kappa shape index (κ2) is 4.21. The van der Waals surface area contributed by atoms with Crippen LogP contribution < -0.4 is 5.32 Å². The summed E-state index contributed by atoms with van der Waals surface area (Å²) in [5, 5.41) is 13.6. The summed E-state index contributed by atoms with van der Waals surface area (Å²) in [6.45, 7) is 0.474. The fraction of sp³-hybridized carbons (Fsp3) is 0.300. The number of halogens is 1. The van der Waals surface area contributed by atoms with Gasteiger partial charge in [0.1, 0.15) is 0 Å². The molecule has 5 nitrogen and oxygen atoms in total. The molecule has 1 atom stereocenters. The first-order valence-electron chi connectivity index (χ1n) is 4.78. The molecule has 1 aromatic rings. The van der Waals surface area contributed by atoms with Crippen LogP contribution in [0.3, 0.4) is 0 Å². The lowest BCUT2D eigenvalue weighted by Crippen LogP contribution is -2.13. The Morgan fingerprint density at radius 2 is 2.25 bits per heavy atom. The fourth-order valence-corrected chi connectivity index (χ4v) is 2.19. The van der Waals surface area contributed by atoms with Gasteiger partial charge >= 0.3 is 0 Å². The number of nitro benzene ring substituents is 1. The molecule has 1 unspecified atom stereocenters. The first-order chi connectivity index (χ1) is 7.58. The molecule has 0 spiro atoms. The van der Waals surface area contributed by atoms with E-state index in [1.165, 1.54) is 6.07 Å². The maximum atomic E-state index is 11.1. The molecule has 1 amide bonds. The van der Waals surface area contributed by atoms with Crippen molar-refractivity contribution in [2.75, 3.05) is 6.54 Å². The maximum absolute atomic E-state index is 11.1. The van der Waals surface area contributed by atoms with Crippen LogP contribution in [0, 0.1) is 10.1 Å². The highest BCUT2D eigenvalue weighted by atomic mass is 79.9. The third kappa shape index (κ3) is 2.06. The zero-order valence-corrected chi connectivity index (χ0v) is 9.86. The standard InChI is InChI=1S/C10H9BrN2O3/c11-7-1-2-8(9(4-7)13(15)16)6-3-10(14)12-5-6/h1-2,4,6H,3,5H2,(H,12,14). The number of nitrogens with zero attached hydrogens (tertiary/aromatic N) is 1. The number of benzene rings is 1. The Hall–Kier alpha value is -1.43. The normalized spacial score (nSPS) is 19.6. The van der Waals surface area contributed by atoms with Crippen LogP contribution in [0.1, 0.15) is 17.9 Å². The monoisotopic (exact) mass is 284 g/mol. The molecular formula is C10H9BrN2O3. The van der Waals surface area contributed by atoms with Gasteiger partial charge in [0, 0.05) is 35.0 Å². The molecule has 0 bridgehead atoms. The van der Waals surface area contributed by atoms with Gasteiger partial charge in [-0.25, -0.2) is 0 Å². The highest BCUT2D eigenvalue weighted by molar-refractivity contribution is 9.10. The third-order valence-electron chi connectivity index (χ3n) is 2.61. The molecule has 1 aromatic carbocycles. The van der Waals surface area contributed by atoms with Crippen LogP contribution in [0.5, 0.6) is 0 Å². The minimum Gasteiger partial charge on any atom is -0.355 e. The number of carbonyl (C=O) groups is 1. The van der Waals surface area contributed by atoms with E-state index in [4.69, 9.17) is 0 Å². The van der Waals surface area contributed by atoms with Crippen molar-refractivity contribution in [1.82, 2.24) is 5.32 Å². The number of nitrogens with one attached hydrogen (secondary N) is 1. The van der Waals surface area contributed by atoms with Crippen LogP contribution in [0.25, 0.3) is 0 Å². The van der Waals surface area contributed by atoms with E-state index < -0.39 is 4.92 Å². The van der Waals surface area contributed by atoms with Gasteiger partial charge in [-0.2, -0.15) is 0 Å². The number of amides is 1. The van der Waals surface area contributed by atoms with Crippen LogP contribution in [-0.2, 0) is 4.79 Å². The molecule has 0 radical (unpaired) electrons. The topological polar surface area (TPSA) is 72.2 Å². The quantitative estimate of drug-likeness (QED) is 0.667. The number of carbonyl (C=O) groups excluding carboxylic acids is 1. The molecule has 84 valence electrons. The lowest BCUT2D eigenvalue weighted by molar-refractivity contribution is -0.385. The van der Waals surface area contributed by atoms with Crippen molar-refractivity contribution in [3.05, 3.63) is 38.3 Å². The molecule has 1 saturated heterocycles. The first kappa shape index (κ1) is 11.1. The van der Waals surface area contributed by atoms with Crippen molar-refractivity contribution >= 4 is 27.5 Å². The largest absolute Gasteiger partial charge is 0.355 e. The van der Waals surface area contributed by atoms with Crippen molar-refractivity contribution in [2.45, 2.75) is 12.3 Å². The third-order valence-corrected chi connectivity index (χ3v) is 3.10. The molecule has 0 aliphatic carbocycles. The van der Waals surface area contributed by atoms with Gasteiger partial charge in [0.2, 0.25) is 5.91 Å².